The Kier molecular flexibility index (Phi) is 4.50. The Hall–Kier alpha value is -0.870. The second-order valence-corrected chi connectivity index (χ2v) is 4.80. The van der Waals surface area contributed by atoms with E-state index in [2.05, 4.69) is 15.9 Å². The zero-order valence-corrected chi connectivity index (χ0v) is 11.3. The molecule has 0 aromatic heterocycles. The molecule has 0 heterocycles. The molecule has 16 heavy (non-hydrogen) atoms. The van der Waals surface area contributed by atoms with Crippen molar-refractivity contribution in [2.24, 2.45) is 0 Å². The van der Waals surface area contributed by atoms with Gasteiger partial charge in [-0.3, -0.25) is 4.79 Å². The molecule has 0 saturated heterocycles. The molecule has 1 atom stereocenters. The number of halogens is 1. The highest BCUT2D eigenvalue weighted by Crippen LogP contribution is 2.24. The molecule has 0 radical (unpaired) electrons. The van der Waals surface area contributed by atoms with Gasteiger partial charge < -0.3 is 10.0 Å². The molecule has 0 aliphatic carbocycles. The first-order chi connectivity index (χ1) is 7.41. The molecule has 0 fully saturated rings. The van der Waals surface area contributed by atoms with Crippen molar-refractivity contribution in [3.05, 3.63) is 28.2 Å². The molecule has 0 spiro atoms. The minimum Gasteiger partial charge on any atom is -0.392 e. The molecule has 1 unspecified atom stereocenters. The molecule has 0 amide bonds. The summed E-state index contributed by atoms with van der Waals surface area (Å²) in [6, 6.07) is 5.56. The summed E-state index contributed by atoms with van der Waals surface area (Å²) in [5.74, 6) is 0.0385. The molecule has 4 heteroatoms. The number of aliphatic hydroxyl groups excluding tert-OH is 1. The average Bonchev–Trinajstić information content (AvgIpc) is 2.15. The predicted molar refractivity (Wildman–Crippen MR) is 69.1 cm³/mol. The summed E-state index contributed by atoms with van der Waals surface area (Å²) < 4.78 is 0.787. The second-order valence-electron chi connectivity index (χ2n) is 3.95. The maximum atomic E-state index is 11.2. The third-order valence-corrected chi connectivity index (χ3v) is 2.97. The molecule has 0 bridgehead atoms. The van der Waals surface area contributed by atoms with Crippen molar-refractivity contribution in [2.75, 3.05) is 18.5 Å². The number of carbonyl (C=O) groups excluding carboxylic acids is 1. The Labute approximate surface area is 104 Å². The van der Waals surface area contributed by atoms with Crippen LogP contribution in [0, 0.1) is 0 Å². The molecule has 3 nitrogen and oxygen atoms in total. The van der Waals surface area contributed by atoms with Crippen LogP contribution in [0.15, 0.2) is 22.7 Å². The average molecular weight is 286 g/mol. The number of hydrogen-bond donors (Lipinski definition) is 1. The van der Waals surface area contributed by atoms with Crippen molar-refractivity contribution in [3.8, 4) is 0 Å². The van der Waals surface area contributed by atoms with Crippen LogP contribution < -0.4 is 4.90 Å². The maximum absolute atomic E-state index is 11.2. The SMILES string of the molecule is CC(=O)c1ccc(N(C)CC(C)O)cc1Br. The Bertz CT molecular complexity index is 391. The topological polar surface area (TPSA) is 40.5 Å². The monoisotopic (exact) mass is 285 g/mol. The Morgan fingerprint density at radius 1 is 1.56 bits per heavy atom. The van der Waals surface area contributed by atoms with E-state index in [4.69, 9.17) is 0 Å². The summed E-state index contributed by atoms with van der Waals surface area (Å²) in [5, 5.41) is 9.29. The van der Waals surface area contributed by atoms with Gasteiger partial charge in [0.2, 0.25) is 0 Å². The van der Waals surface area contributed by atoms with Crippen molar-refractivity contribution in [3.63, 3.8) is 0 Å². The first-order valence-electron chi connectivity index (χ1n) is 5.11. The number of aliphatic hydroxyl groups is 1. The minimum atomic E-state index is -0.378. The number of Topliss-reactive ketones (excluding diaryl/α,β-unsaturated/α-hetero) is 1. The number of likely N-dealkylation sites (N-methyl/N-ethyl adjacent to an activating group) is 1. The summed E-state index contributed by atoms with van der Waals surface area (Å²) >= 11 is 3.37. The number of carbonyl (C=O) groups is 1. The second kappa shape index (κ2) is 5.46. The zero-order valence-electron chi connectivity index (χ0n) is 9.70. The summed E-state index contributed by atoms with van der Waals surface area (Å²) in [5.41, 5.74) is 1.65. The molecule has 1 N–H and O–H groups in total. The molecule has 0 saturated carbocycles. The summed E-state index contributed by atoms with van der Waals surface area (Å²) in [7, 11) is 1.90. The number of nitrogens with zero attached hydrogens (tertiary/aromatic N) is 1. The van der Waals surface area contributed by atoms with Crippen LogP contribution in [0.5, 0.6) is 0 Å². The number of rotatable bonds is 4. The fraction of sp³-hybridized carbons (Fsp3) is 0.417. The van der Waals surface area contributed by atoms with Gasteiger partial charge in [-0.05, 0) is 48.0 Å². The van der Waals surface area contributed by atoms with Crippen molar-refractivity contribution in [2.45, 2.75) is 20.0 Å². The van der Waals surface area contributed by atoms with Gasteiger partial charge in [0.05, 0.1) is 6.10 Å². The van der Waals surface area contributed by atoms with Crippen molar-refractivity contribution in [1.82, 2.24) is 0 Å². The predicted octanol–water partition coefficient (Wildman–Crippen LogP) is 2.47. The molecule has 1 rings (SSSR count). The third-order valence-electron chi connectivity index (χ3n) is 2.31. The fourth-order valence-corrected chi connectivity index (χ4v) is 2.17. The van der Waals surface area contributed by atoms with E-state index in [0.717, 1.165) is 10.2 Å². The summed E-state index contributed by atoms with van der Waals surface area (Å²) in [6.07, 6.45) is -0.378. The van der Waals surface area contributed by atoms with Crippen LogP contribution in [0.3, 0.4) is 0 Å². The van der Waals surface area contributed by atoms with Crippen molar-refractivity contribution >= 4 is 27.4 Å². The van der Waals surface area contributed by atoms with Crippen LogP contribution >= 0.6 is 15.9 Å². The van der Waals surface area contributed by atoms with Gasteiger partial charge in [-0.2, -0.15) is 0 Å². The van der Waals surface area contributed by atoms with E-state index in [1.54, 1.807) is 19.9 Å². The largest absolute Gasteiger partial charge is 0.392 e. The van der Waals surface area contributed by atoms with Crippen LogP contribution in [-0.4, -0.2) is 30.6 Å². The van der Waals surface area contributed by atoms with E-state index in [-0.39, 0.29) is 11.9 Å². The zero-order chi connectivity index (χ0) is 12.3. The highest BCUT2D eigenvalue weighted by atomic mass is 79.9. The molecule has 88 valence electrons. The molecule has 0 aliphatic rings. The van der Waals surface area contributed by atoms with Crippen molar-refractivity contribution in [1.29, 1.82) is 0 Å². The standard InChI is InChI=1S/C12H16BrNO2/c1-8(15)7-14(3)10-4-5-11(9(2)16)12(13)6-10/h4-6,8,15H,7H2,1-3H3. The van der Waals surface area contributed by atoms with Gasteiger partial charge in [0, 0.05) is 29.3 Å². The van der Waals surface area contributed by atoms with Gasteiger partial charge in [-0.25, -0.2) is 0 Å². The van der Waals surface area contributed by atoms with Crippen LogP contribution in [0.1, 0.15) is 24.2 Å². The number of ketones is 1. The quantitative estimate of drug-likeness (QED) is 0.864. The van der Waals surface area contributed by atoms with E-state index < -0.39 is 0 Å². The van der Waals surface area contributed by atoms with E-state index >= 15 is 0 Å². The fourth-order valence-electron chi connectivity index (χ4n) is 1.53. The maximum Gasteiger partial charge on any atom is 0.160 e. The van der Waals surface area contributed by atoms with E-state index in [9.17, 15) is 9.90 Å². The first kappa shape index (κ1) is 13.2. The summed E-state index contributed by atoms with van der Waals surface area (Å²) in [4.78, 5) is 13.2. The normalized spacial score (nSPS) is 12.3. The van der Waals surface area contributed by atoms with Gasteiger partial charge in [0.15, 0.2) is 5.78 Å². The van der Waals surface area contributed by atoms with Crippen LogP contribution in [-0.2, 0) is 0 Å². The van der Waals surface area contributed by atoms with Crippen LogP contribution in [0.2, 0.25) is 0 Å². The lowest BCUT2D eigenvalue weighted by molar-refractivity contribution is 0.101. The van der Waals surface area contributed by atoms with Gasteiger partial charge in [0.1, 0.15) is 0 Å². The number of hydrogen-bond acceptors (Lipinski definition) is 3. The lowest BCUT2D eigenvalue weighted by Crippen LogP contribution is -2.26. The van der Waals surface area contributed by atoms with Crippen molar-refractivity contribution < 1.29 is 9.90 Å². The third kappa shape index (κ3) is 3.32. The van der Waals surface area contributed by atoms with Gasteiger partial charge in [-0.15, -0.1) is 0 Å². The highest BCUT2D eigenvalue weighted by Gasteiger charge is 2.09. The lowest BCUT2D eigenvalue weighted by Gasteiger charge is -2.21. The molecular formula is C12H16BrNO2. The first-order valence-corrected chi connectivity index (χ1v) is 5.90. The Morgan fingerprint density at radius 3 is 2.62 bits per heavy atom. The van der Waals surface area contributed by atoms with Gasteiger partial charge in [-0.1, -0.05) is 0 Å². The van der Waals surface area contributed by atoms with E-state index in [1.165, 1.54) is 0 Å². The molecule has 1 aromatic carbocycles. The Balaban J connectivity index is 2.92. The Morgan fingerprint density at radius 2 is 2.19 bits per heavy atom. The van der Waals surface area contributed by atoms with Crippen LogP contribution in [0.25, 0.3) is 0 Å². The summed E-state index contributed by atoms with van der Waals surface area (Å²) in [6.45, 7) is 3.85. The minimum absolute atomic E-state index is 0.0385. The van der Waals surface area contributed by atoms with Crippen LogP contribution in [0.4, 0.5) is 5.69 Å². The van der Waals surface area contributed by atoms with E-state index in [1.807, 2.05) is 24.1 Å². The lowest BCUT2D eigenvalue weighted by atomic mass is 10.1. The molecule has 0 aliphatic heterocycles. The molecule has 1 aromatic rings. The van der Waals surface area contributed by atoms with Gasteiger partial charge in [0.25, 0.3) is 0 Å². The number of benzene rings is 1. The van der Waals surface area contributed by atoms with Gasteiger partial charge >= 0.3 is 0 Å². The molecular weight excluding hydrogens is 270 g/mol. The smallest absolute Gasteiger partial charge is 0.160 e. The number of anilines is 1. The van der Waals surface area contributed by atoms with E-state index in [0.29, 0.717) is 12.1 Å². The highest BCUT2D eigenvalue weighted by molar-refractivity contribution is 9.10.